The van der Waals surface area contributed by atoms with Gasteiger partial charge in [0.2, 0.25) is 11.8 Å². The summed E-state index contributed by atoms with van der Waals surface area (Å²) in [5, 5.41) is 13.1. The van der Waals surface area contributed by atoms with Gasteiger partial charge in [0, 0.05) is 19.4 Å². The molecule has 3 aromatic carbocycles. The molecule has 0 radical (unpaired) electrons. The standard InChI is InChI=1S/C40H48N2O6/c1-3-5-6-10-18-39(45)48-29-35(23-30-19-21-37(22-20-30)47-28-31-14-8-7-9-15-31)41-40(46)33(13-4-2)25-38(44)42-26-34-17-12-11-16-32(34)24-36(42)27-43/h3-4,7-9,11-12,14-17,19-22,33,35-36,43H,1-2,5-6,10,13,18,23-29H2,(H,41,46). The molecule has 0 saturated carbocycles. The van der Waals surface area contributed by atoms with Crippen molar-refractivity contribution in [2.24, 2.45) is 5.92 Å². The molecule has 48 heavy (non-hydrogen) atoms. The predicted octanol–water partition coefficient (Wildman–Crippen LogP) is 6.11. The van der Waals surface area contributed by atoms with Crippen LogP contribution in [0.4, 0.5) is 0 Å². The quantitative estimate of drug-likeness (QED) is 0.0920. The highest BCUT2D eigenvalue weighted by Gasteiger charge is 2.32. The summed E-state index contributed by atoms with van der Waals surface area (Å²) < 4.78 is 11.5. The van der Waals surface area contributed by atoms with Crippen molar-refractivity contribution >= 4 is 17.8 Å². The number of carbonyl (C=O) groups excluding carboxylic acids is 3. The molecule has 254 valence electrons. The van der Waals surface area contributed by atoms with Gasteiger partial charge in [-0.15, -0.1) is 13.2 Å². The van der Waals surface area contributed by atoms with Crippen LogP contribution in [0, 0.1) is 5.92 Å². The Kier molecular flexibility index (Phi) is 14.5. The average Bonchev–Trinajstić information content (AvgIpc) is 3.11. The monoisotopic (exact) mass is 652 g/mol. The fraction of sp³-hybridized carbons (Fsp3) is 0.375. The topological polar surface area (TPSA) is 105 Å². The van der Waals surface area contributed by atoms with E-state index >= 15 is 0 Å². The van der Waals surface area contributed by atoms with Crippen molar-refractivity contribution in [3.05, 3.63) is 126 Å². The molecule has 8 heteroatoms. The minimum atomic E-state index is -0.669. The minimum absolute atomic E-state index is 0.00252. The number of allylic oxidation sites excluding steroid dienone is 2. The van der Waals surface area contributed by atoms with Crippen molar-refractivity contribution < 1.29 is 29.0 Å². The van der Waals surface area contributed by atoms with E-state index in [-0.39, 0.29) is 43.5 Å². The Morgan fingerprint density at radius 3 is 2.35 bits per heavy atom. The van der Waals surface area contributed by atoms with Gasteiger partial charge in [0.25, 0.3) is 0 Å². The van der Waals surface area contributed by atoms with Crippen molar-refractivity contribution in [1.82, 2.24) is 10.2 Å². The zero-order valence-electron chi connectivity index (χ0n) is 27.7. The highest BCUT2D eigenvalue weighted by atomic mass is 16.5. The Morgan fingerprint density at radius 2 is 1.65 bits per heavy atom. The summed E-state index contributed by atoms with van der Waals surface area (Å²) in [6.45, 7) is 8.22. The van der Waals surface area contributed by atoms with Crippen LogP contribution in [0.1, 0.15) is 60.8 Å². The minimum Gasteiger partial charge on any atom is -0.489 e. The molecule has 2 amide bonds. The van der Waals surface area contributed by atoms with Gasteiger partial charge >= 0.3 is 5.97 Å². The van der Waals surface area contributed by atoms with Crippen LogP contribution < -0.4 is 10.1 Å². The molecule has 1 aliphatic heterocycles. The number of amides is 2. The van der Waals surface area contributed by atoms with Gasteiger partial charge in [-0.05, 0) is 72.9 Å². The molecule has 0 fully saturated rings. The van der Waals surface area contributed by atoms with Crippen LogP contribution in [-0.4, -0.2) is 53.1 Å². The van der Waals surface area contributed by atoms with Crippen LogP contribution in [-0.2, 0) is 45.1 Å². The van der Waals surface area contributed by atoms with E-state index in [1.165, 1.54) is 0 Å². The van der Waals surface area contributed by atoms with Crippen LogP contribution >= 0.6 is 0 Å². The van der Waals surface area contributed by atoms with E-state index in [4.69, 9.17) is 9.47 Å². The summed E-state index contributed by atoms with van der Waals surface area (Å²) >= 11 is 0. The Hall–Kier alpha value is -4.69. The lowest BCUT2D eigenvalue weighted by Crippen LogP contribution is -2.48. The fourth-order valence-corrected chi connectivity index (χ4v) is 5.90. The molecule has 3 aromatic rings. The van der Waals surface area contributed by atoms with Gasteiger partial charge in [-0.25, -0.2) is 0 Å². The summed E-state index contributed by atoms with van der Waals surface area (Å²) in [4.78, 5) is 41.5. The third kappa shape index (κ3) is 11.2. The molecule has 8 nitrogen and oxygen atoms in total. The summed E-state index contributed by atoms with van der Waals surface area (Å²) in [5.74, 6) is -0.769. The summed E-state index contributed by atoms with van der Waals surface area (Å²) in [5.41, 5.74) is 4.17. The van der Waals surface area contributed by atoms with Gasteiger partial charge < -0.3 is 24.8 Å². The molecule has 4 rings (SSSR count). The Balaban J connectivity index is 1.41. The first-order valence-electron chi connectivity index (χ1n) is 16.8. The lowest BCUT2D eigenvalue weighted by Gasteiger charge is -2.36. The van der Waals surface area contributed by atoms with Crippen molar-refractivity contribution in [2.75, 3.05) is 13.2 Å². The van der Waals surface area contributed by atoms with E-state index < -0.39 is 12.0 Å². The first kappa shape index (κ1) is 36.2. The number of unbranched alkanes of at least 4 members (excludes halogenated alkanes) is 2. The molecule has 0 saturated heterocycles. The maximum Gasteiger partial charge on any atom is 0.305 e. The van der Waals surface area contributed by atoms with Crippen molar-refractivity contribution in [2.45, 2.75) is 76.6 Å². The molecule has 1 aliphatic rings. The predicted molar refractivity (Wildman–Crippen MR) is 187 cm³/mol. The molecule has 3 unspecified atom stereocenters. The highest BCUT2D eigenvalue weighted by Crippen LogP contribution is 2.25. The van der Waals surface area contributed by atoms with Gasteiger partial charge in [-0.2, -0.15) is 0 Å². The fourth-order valence-electron chi connectivity index (χ4n) is 5.90. The second kappa shape index (κ2) is 19.2. The number of carbonyl (C=O) groups is 3. The van der Waals surface area contributed by atoms with Gasteiger partial charge in [0.05, 0.1) is 24.6 Å². The smallest absolute Gasteiger partial charge is 0.305 e. The van der Waals surface area contributed by atoms with E-state index in [9.17, 15) is 19.5 Å². The number of nitrogens with one attached hydrogen (secondary N) is 1. The number of aliphatic hydroxyl groups excluding tert-OH is 1. The van der Waals surface area contributed by atoms with E-state index in [2.05, 4.69) is 18.5 Å². The van der Waals surface area contributed by atoms with E-state index in [0.29, 0.717) is 45.3 Å². The lowest BCUT2D eigenvalue weighted by atomic mass is 9.92. The van der Waals surface area contributed by atoms with E-state index in [1.807, 2.05) is 84.9 Å². The first-order chi connectivity index (χ1) is 23.4. The number of esters is 1. The normalized spacial score (nSPS) is 15.0. The van der Waals surface area contributed by atoms with E-state index in [1.54, 1.807) is 11.0 Å². The number of fused-ring (bicyclic) bond motifs is 1. The maximum atomic E-state index is 13.7. The first-order valence-corrected chi connectivity index (χ1v) is 16.8. The number of nitrogens with zero attached hydrogens (tertiary/aromatic N) is 1. The molecule has 1 heterocycles. The summed E-state index contributed by atoms with van der Waals surface area (Å²) in [6, 6.07) is 24.6. The maximum absolute atomic E-state index is 13.7. The second-order valence-electron chi connectivity index (χ2n) is 12.3. The zero-order valence-corrected chi connectivity index (χ0v) is 27.7. The van der Waals surface area contributed by atoms with Crippen molar-refractivity contribution in [3.63, 3.8) is 0 Å². The molecule has 3 atom stereocenters. The third-order valence-electron chi connectivity index (χ3n) is 8.61. The van der Waals surface area contributed by atoms with Gasteiger partial charge in [0.15, 0.2) is 0 Å². The van der Waals surface area contributed by atoms with Crippen LogP contribution in [0.5, 0.6) is 5.75 Å². The molecular formula is C40H48N2O6. The highest BCUT2D eigenvalue weighted by molar-refractivity contribution is 5.86. The Labute approximate surface area is 284 Å². The molecular weight excluding hydrogens is 604 g/mol. The number of hydrogen-bond donors (Lipinski definition) is 2. The van der Waals surface area contributed by atoms with Crippen LogP contribution in [0.25, 0.3) is 0 Å². The van der Waals surface area contributed by atoms with Gasteiger partial charge in [0.1, 0.15) is 19.0 Å². The van der Waals surface area contributed by atoms with Crippen LogP contribution in [0.3, 0.4) is 0 Å². The molecule has 0 aromatic heterocycles. The Morgan fingerprint density at radius 1 is 0.917 bits per heavy atom. The van der Waals surface area contributed by atoms with Gasteiger partial charge in [-0.3, -0.25) is 14.4 Å². The number of aliphatic hydroxyl groups is 1. The molecule has 0 aliphatic carbocycles. The average molecular weight is 653 g/mol. The SMILES string of the molecule is C=CCCCCC(=O)OCC(Cc1ccc(OCc2ccccc2)cc1)NC(=O)C(CC=C)CC(=O)N1Cc2ccccc2CC1CO. The van der Waals surface area contributed by atoms with Crippen molar-refractivity contribution in [1.29, 1.82) is 0 Å². The Bertz CT molecular complexity index is 1490. The van der Waals surface area contributed by atoms with E-state index in [0.717, 1.165) is 40.8 Å². The number of hydrogen-bond acceptors (Lipinski definition) is 6. The van der Waals surface area contributed by atoms with Crippen LogP contribution in [0.15, 0.2) is 104 Å². The number of benzene rings is 3. The third-order valence-corrected chi connectivity index (χ3v) is 8.61. The zero-order chi connectivity index (χ0) is 34.1. The van der Waals surface area contributed by atoms with Crippen LogP contribution in [0.2, 0.25) is 0 Å². The molecule has 0 bridgehead atoms. The van der Waals surface area contributed by atoms with Gasteiger partial charge in [-0.1, -0.05) is 78.9 Å². The number of ether oxygens (including phenoxy) is 2. The summed E-state index contributed by atoms with van der Waals surface area (Å²) in [7, 11) is 0. The number of rotatable bonds is 19. The summed E-state index contributed by atoms with van der Waals surface area (Å²) in [6.07, 6.45) is 7.40. The molecule has 2 N–H and O–H groups in total. The van der Waals surface area contributed by atoms with Crippen molar-refractivity contribution in [3.8, 4) is 5.75 Å². The largest absolute Gasteiger partial charge is 0.489 e. The molecule has 0 spiro atoms. The lowest BCUT2D eigenvalue weighted by molar-refractivity contribution is -0.145. The second-order valence-corrected chi connectivity index (χ2v) is 12.3.